The van der Waals surface area contributed by atoms with Crippen molar-refractivity contribution in [3.63, 3.8) is 0 Å². The molecule has 0 spiro atoms. The molecule has 0 atom stereocenters. The van der Waals surface area contributed by atoms with Gasteiger partial charge in [0.25, 0.3) is 0 Å². The molecule has 1 heterocycles. The van der Waals surface area contributed by atoms with Crippen molar-refractivity contribution in [1.29, 1.82) is 0 Å². The Bertz CT molecular complexity index is 642. The van der Waals surface area contributed by atoms with Gasteiger partial charge in [-0.2, -0.15) is 0 Å². The standard InChI is InChI=1S/C15H14Cl2O2/c1-8-9(2)19-10(3)15(8)14(18)6-11-4-5-12(16)7-13(11)17/h4-5,7H,6H2,1-3H3. The van der Waals surface area contributed by atoms with E-state index in [9.17, 15) is 4.79 Å². The van der Waals surface area contributed by atoms with Crippen molar-refractivity contribution in [3.8, 4) is 0 Å². The molecule has 1 aromatic carbocycles. The Morgan fingerprint density at radius 1 is 1.16 bits per heavy atom. The van der Waals surface area contributed by atoms with Crippen LogP contribution in [0.25, 0.3) is 0 Å². The summed E-state index contributed by atoms with van der Waals surface area (Å²) < 4.78 is 5.48. The van der Waals surface area contributed by atoms with Crippen molar-refractivity contribution in [2.24, 2.45) is 0 Å². The van der Waals surface area contributed by atoms with Gasteiger partial charge in [-0.3, -0.25) is 4.79 Å². The molecular formula is C15H14Cl2O2. The summed E-state index contributed by atoms with van der Waals surface area (Å²) in [5, 5.41) is 1.07. The fourth-order valence-electron chi connectivity index (χ4n) is 2.13. The summed E-state index contributed by atoms with van der Waals surface area (Å²) in [6.45, 7) is 5.55. The summed E-state index contributed by atoms with van der Waals surface area (Å²) in [6, 6.07) is 5.16. The molecule has 100 valence electrons. The Morgan fingerprint density at radius 2 is 1.84 bits per heavy atom. The molecule has 0 amide bonds. The first-order valence-corrected chi connectivity index (χ1v) is 6.69. The van der Waals surface area contributed by atoms with Crippen LogP contribution in [0.3, 0.4) is 0 Å². The van der Waals surface area contributed by atoms with Crippen LogP contribution in [-0.2, 0) is 6.42 Å². The summed E-state index contributed by atoms with van der Waals surface area (Å²) in [5.74, 6) is 1.45. The van der Waals surface area contributed by atoms with Crippen molar-refractivity contribution in [2.45, 2.75) is 27.2 Å². The molecule has 0 aliphatic carbocycles. The van der Waals surface area contributed by atoms with E-state index in [1.165, 1.54) is 0 Å². The molecule has 0 saturated heterocycles. The lowest BCUT2D eigenvalue weighted by Crippen LogP contribution is -2.06. The zero-order valence-electron chi connectivity index (χ0n) is 11.0. The lowest BCUT2D eigenvalue weighted by Gasteiger charge is -2.04. The number of halogens is 2. The number of ketones is 1. The van der Waals surface area contributed by atoms with E-state index >= 15 is 0 Å². The van der Waals surface area contributed by atoms with Gasteiger partial charge in [0.05, 0.1) is 5.56 Å². The van der Waals surface area contributed by atoms with E-state index < -0.39 is 0 Å². The topological polar surface area (TPSA) is 30.2 Å². The Morgan fingerprint density at radius 3 is 2.37 bits per heavy atom. The number of furan rings is 1. The first kappa shape index (κ1) is 14.2. The first-order chi connectivity index (χ1) is 8.90. The number of aryl methyl sites for hydroxylation is 2. The second-order valence-corrected chi connectivity index (χ2v) is 5.39. The third-order valence-corrected chi connectivity index (χ3v) is 3.79. The van der Waals surface area contributed by atoms with Gasteiger partial charge < -0.3 is 4.42 Å². The Labute approximate surface area is 122 Å². The fraction of sp³-hybridized carbons (Fsp3) is 0.267. The highest BCUT2D eigenvalue weighted by Crippen LogP contribution is 2.26. The molecule has 0 aliphatic rings. The number of hydrogen-bond acceptors (Lipinski definition) is 2. The van der Waals surface area contributed by atoms with Crippen molar-refractivity contribution in [2.75, 3.05) is 0 Å². The van der Waals surface area contributed by atoms with Crippen LogP contribution in [0.4, 0.5) is 0 Å². The minimum absolute atomic E-state index is 0.0103. The molecule has 2 aromatic rings. The summed E-state index contributed by atoms with van der Waals surface area (Å²) in [4.78, 5) is 12.4. The SMILES string of the molecule is Cc1oc(C)c(C(=O)Cc2ccc(Cl)cc2Cl)c1C. The van der Waals surface area contributed by atoms with Crippen molar-refractivity contribution in [1.82, 2.24) is 0 Å². The molecule has 0 bridgehead atoms. The van der Waals surface area contributed by atoms with Gasteiger partial charge in [0.15, 0.2) is 5.78 Å². The van der Waals surface area contributed by atoms with E-state index in [-0.39, 0.29) is 12.2 Å². The van der Waals surface area contributed by atoms with Crippen LogP contribution in [0, 0.1) is 20.8 Å². The number of Topliss-reactive ketones (excluding diaryl/α,β-unsaturated/α-hetero) is 1. The van der Waals surface area contributed by atoms with Gasteiger partial charge >= 0.3 is 0 Å². The summed E-state index contributed by atoms with van der Waals surface area (Å²) >= 11 is 11.9. The Kier molecular flexibility index (Phi) is 4.02. The minimum Gasteiger partial charge on any atom is -0.466 e. The van der Waals surface area contributed by atoms with Gasteiger partial charge in [-0.05, 0) is 38.5 Å². The lowest BCUT2D eigenvalue weighted by molar-refractivity contribution is 0.0991. The first-order valence-electron chi connectivity index (χ1n) is 5.94. The molecule has 0 fully saturated rings. The smallest absolute Gasteiger partial charge is 0.171 e. The number of rotatable bonds is 3. The molecule has 0 N–H and O–H groups in total. The zero-order valence-corrected chi connectivity index (χ0v) is 12.5. The van der Waals surface area contributed by atoms with Crippen LogP contribution in [0.1, 0.15) is 33.0 Å². The molecule has 2 nitrogen and oxygen atoms in total. The largest absolute Gasteiger partial charge is 0.466 e. The number of benzene rings is 1. The number of hydrogen-bond donors (Lipinski definition) is 0. The highest BCUT2D eigenvalue weighted by atomic mass is 35.5. The van der Waals surface area contributed by atoms with Crippen molar-refractivity contribution >= 4 is 29.0 Å². The number of carbonyl (C=O) groups excluding carboxylic acids is 1. The van der Waals surface area contributed by atoms with Gasteiger partial charge in [0.1, 0.15) is 11.5 Å². The average Bonchev–Trinajstić information content (AvgIpc) is 2.57. The predicted octanol–water partition coefficient (Wildman–Crippen LogP) is 4.94. The van der Waals surface area contributed by atoms with Crippen LogP contribution in [0.15, 0.2) is 22.6 Å². The van der Waals surface area contributed by atoms with Crippen LogP contribution in [-0.4, -0.2) is 5.78 Å². The maximum atomic E-state index is 12.4. The van der Waals surface area contributed by atoms with Crippen LogP contribution >= 0.6 is 23.2 Å². The van der Waals surface area contributed by atoms with Crippen molar-refractivity contribution < 1.29 is 9.21 Å². The van der Waals surface area contributed by atoms with Gasteiger partial charge in [0, 0.05) is 22.0 Å². The maximum absolute atomic E-state index is 12.4. The van der Waals surface area contributed by atoms with E-state index in [0.717, 1.165) is 16.9 Å². The lowest BCUT2D eigenvalue weighted by atomic mass is 10.00. The quantitative estimate of drug-likeness (QED) is 0.751. The van der Waals surface area contributed by atoms with Gasteiger partial charge in [-0.1, -0.05) is 29.3 Å². The molecule has 1 aromatic heterocycles. The number of carbonyl (C=O) groups is 1. The van der Waals surface area contributed by atoms with Crippen LogP contribution < -0.4 is 0 Å². The highest BCUT2D eigenvalue weighted by Gasteiger charge is 2.19. The summed E-state index contributed by atoms with van der Waals surface area (Å²) in [7, 11) is 0. The monoisotopic (exact) mass is 296 g/mol. The van der Waals surface area contributed by atoms with E-state index in [2.05, 4.69) is 0 Å². The Hall–Kier alpha value is -1.25. The molecule has 0 saturated carbocycles. The van der Waals surface area contributed by atoms with Crippen LogP contribution in [0.5, 0.6) is 0 Å². The third kappa shape index (κ3) is 2.85. The van der Waals surface area contributed by atoms with E-state index in [1.807, 2.05) is 13.8 Å². The van der Waals surface area contributed by atoms with E-state index in [0.29, 0.717) is 21.4 Å². The molecule has 2 rings (SSSR count). The average molecular weight is 297 g/mol. The molecule has 0 aliphatic heterocycles. The highest BCUT2D eigenvalue weighted by molar-refractivity contribution is 6.35. The summed E-state index contributed by atoms with van der Waals surface area (Å²) in [6.07, 6.45) is 0.247. The van der Waals surface area contributed by atoms with Gasteiger partial charge in [0.2, 0.25) is 0 Å². The second kappa shape index (κ2) is 5.40. The molecule has 0 unspecified atom stereocenters. The predicted molar refractivity (Wildman–Crippen MR) is 77.4 cm³/mol. The van der Waals surface area contributed by atoms with E-state index in [1.54, 1.807) is 25.1 Å². The Balaban J connectivity index is 2.31. The zero-order chi connectivity index (χ0) is 14.2. The van der Waals surface area contributed by atoms with Gasteiger partial charge in [-0.15, -0.1) is 0 Å². The normalized spacial score (nSPS) is 10.8. The maximum Gasteiger partial charge on any atom is 0.171 e. The summed E-state index contributed by atoms with van der Waals surface area (Å²) in [5.41, 5.74) is 2.32. The molecule has 0 radical (unpaired) electrons. The fourth-order valence-corrected chi connectivity index (χ4v) is 2.60. The third-order valence-electron chi connectivity index (χ3n) is 3.21. The molecular weight excluding hydrogens is 283 g/mol. The van der Waals surface area contributed by atoms with Crippen molar-refractivity contribution in [3.05, 3.63) is 56.5 Å². The molecule has 4 heteroatoms. The van der Waals surface area contributed by atoms with E-state index in [4.69, 9.17) is 27.6 Å². The minimum atomic E-state index is 0.0103. The van der Waals surface area contributed by atoms with Crippen LogP contribution in [0.2, 0.25) is 10.0 Å². The second-order valence-electron chi connectivity index (χ2n) is 4.55. The molecule has 19 heavy (non-hydrogen) atoms. The van der Waals surface area contributed by atoms with Gasteiger partial charge in [-0.25, -0.2) is 0 Å².